The van der Waals surface area contributed by atoms with E-state index in [9.17, 15) is 9.59 Å². The van der Waals surface area contributed by atoms with Crippen LogP contribution in [-0.4, -0.2) is 59.3 Å². The molecule has 2 aromatic rings. The Kier molecular flexibility index (Phi) is 5.96. The normalized spacial score (nSPS) is 14.9. The van der Waals surface area contributed by atoms with Gasteiger partial charge in [0, 0.05) is 50.7 Å². The second-order valence-electron chi connectivity index (χ2n) is 6.52. The standard InChI is InChI=1S/C20H24N4O2/c1-16-5-2-3-7-18(16)20(26)22-14-19(25)24-11-9-23(10-12-24)15-17-6-4-8-21-13-17/h2-8,13H,9-12,14-15H2,1H3,(H,22,26). The van der Waals surface area contributed by atoms with Crippen molar-refractivity contribution < 1.29 is 9.59 Å². The number of nitrogens with zero attached hydrogens (tertiary/aromatic N) is 3. The van der Waals surface area contributed by atoms with Gasteiger partial charge < -0.3 is 10.2 Å². The van der Waals surface area contributed by atoms with E-state index in [0.29, 0.717) is 18.7 Å². The molecule has 6 nitrogen and oxygen atoms in total. The summed E-state index contributed by atoms with van der Waals surface area (Å²) in [6.07, 6.45) is 3.64. The lowest BCUT2D eigenvalue weighted by Gasteiger charge is -2.34. The third-order valence-electron chi connectivity index (χ3n) is 4.64. The lowest BCUT2D eigenvalue weighted by molar-refractivity contribution is -0.131. The second kappa shape index (κ2) is 8.58. The molecule has 0 atom stereocenters. The fourth-order valence-corrected chi connectivity index (χ4v) is 3.10. The maximum absolute atomic E-state index is 12.4. The molecule has 0 bridgehead atoms. The van der Waals surface area contributed by atoms with Crippen LogP contribution in [0.15, 0.2) is 48.8 Å². The summed E-state index contributed by atoms with van der Waals surface area (Å²) >= 11 is 0. The first kappa shape index (κ1) is 18.1. The highest BCUT2D eigenvalue weighted by atomic mass is 16.2. The van der Waals surface area contributed by atoms with Gasteiger partial charge in [0.25, 0.3) is 5.91 Å². The Balaban J connectivity index is 1.44. The van der Waals surface area contributed by atoms with E-state index in [1.54, 1.807) is 12.3 Å². The highest BCUT2D eigenvalue weighted by Gasteiger charge is 2.21. The Bertz CT molecular complexity index is 755. The minimum atomic E-state index is -0.202. The van der Waals surface area contributed by atoms with Gasteiger partial charge in [0.15, 0.2) is 0 Å². The van der Waals surface area contributed by atoms with Crippen molar-refractivity contribution in [1.29, 1.82) is 0 Å². The van der Waals surface area contributed by atoms with Crippen LogP contribution in [-0.2, 0) is 11.3 Å². The van der Waals surface area contributed by atoms with Gasteiger partial charge in [-0.15, -0.1) is 0 Å². The van der Waals surface area contributed by atoms with Crippen LogP contribution in [0.4, 0.5) is 0 Å². The molecule has 1 N–H and O–H groups in total. The Labute approximate surface area is 153 Å². The summed E-state index contributed by atoms with van der Waals surface area (Å²) in [5, 5.41) is 2.74. The molecule has 0 saturated carbocycles. The van der Waals surface area contributed by atoms with E-state index in [4.69, 9.17) is 0 Å². The third-order valence-corrected chi connectivity index (χ3v) is 4.64. The van der Waals surface area contributed by atoms with Crippen molar-refractivity contribution in [2.24, 2.45) is 0 Å². The topological polar surface area (TPSA) is 65.5 Å². The molecule has 136 valence electrons. The van der Waals surface area contributed by atoms with E-state index in [0.717, 1.165) is 25.2 Å². The van der Waals surface area contributed by atoms with Gasteiger partial charge in [-0.3, -0.25) is 19.5 Å². The predicted octanol–water partition coefficient (Wildman–Crippen LogP) is 1.46. The monoisotopic (exact) mass is 352 g/mol. The van der Waals surface area contributed by atoms with E-state index in [-0.39, 0.29) is 18.4 Å². The van der Waals surface area contributed by atoms with E-state index < -0.39 is 0 Å². The van der Waals surface area contributed by atoms with Crippen LogP contribution in [0.1, 0.15) is 21.5 Å². The summed E-state index contributed by atoms with van der Waals surface area (Å²) in [5.74, 6) is -0.236. The van der Waals surface area contributed by atoms with Crippen molar-refractivity contribution >= 4 is 11.8 Å². The van der Waals surface area contributed by atoms with Crippen LogP contribution in [0.3, 0.4) is 0 Å². The first-order valence-corrected chi connectivity index (χ1v) is 8.86. The molecule has 1 aliphatic rings. The smallest absolute Gasteiger partial charge is 0.251 e. The van der Waals surface area contributed by atoms with Crippen LogP contribution in [0.25, 0.3) is 0 Å². The van der Waals surface area contributed by atoms with E-state index in [2.05, 4.69) is 21.3 Å². The number of carbonyl (C=O) groups excluding carboxylic acids is 2. The molecule has 0 radical (unpaired) electrons. The molecule has 1 aliphatic heterocycles. The number of rotatable bonds is 5. The van der Waals surface area contributed by atoms with Crippen molar-refractivity contribution in [3.05, 3.63) is 65.5 Å². The van der Waals surface area contributed by atoms with E-state index >= 15 is 0 Å². The minimum absolute atomic E-state index is 0.0343. The first-order valence-electron chi connectivity index (χ1n) is 8.86. The van der Waals surface area contributed by atoms with Crippen molar-refractivity contribution in [2.75, 3.05) is 32.7 Å². The van der Waals surface area contributed by atoms with Crippen LogP contribution in [0.2, 0.25) is 0 Å². The molecule has 0 spiro atoms. The quantitative estimate of drug-likeness (QED) is 0.885. The molecule has 1 aromatic heterocycles. The lowest BCUT2D eigenvalue weighted by Crippen LogP contribution is -2.50. The number of aryl methyl sites for hydroxylation is 1. The third kappa shape index (κ3) is 4.67. The lowest BCUT2D eigenvalue weighted by atomic mass is 10.1. The Morgan fingerprint density at radius 1 is 1.08 bits per heavy atom. The minimum Gasteiger partial charge on any atom is -0.343 e. The van der Waals surface area contributed by atoms with Gasteiger partial charge in [-0.2, -0.15) is 0 Å². The number of piperazine rings is 1. The Morgan fingerprint density at radius 2 is 1.85 bits per heavy atom. The zero-order chi connectivity index (χ0) is 18.4. The summed E-state index contributed by atoms with van der Waals surface area (Å²) in [5.41, 5.74) is 2.70. The van der Waals surface area contributed by atoms with Crippen molar-refractivity contribution in [3.8, 4) is 0 Å². The van der Waals surface area contributed by atoms with Gasteiger partial charge in [-0.25, -0.2) is 0 Å². The van der Waals surface area contributed by atoms with Gasteiger partial charge in [0.05, 0.1) is 6.54 Å². The molecule has 2 amide bonds. The Morgan fingerprint density at radius 3 is 2.54 bits per heavy atom. The number of pyridine rings is 1. The number of aromatic nitrogens is 1. The molecule has 0 unspecified atom stereocenters. The van der Waals surface area contributed by atoms with Crippen molar-refractivity contribution in [3.63, 3.8) is 0 Å². The highest BCUT2D eigenvalue weighted by molar-refractivity contribution is 5.97. The fourth-order valence-electron chi connectivity index (χ4n) is 3.10. The summed E-state index contributed by atoms with van der Waals surface area (Å²) in [6, 6.07) is 11.4. The summed E-state index contributed by atoms with van der Waals surface area (Å²) in [6.45, 7) is 5.78. The molecule has 26 heavy (non-hydrogen) atoms. The van der Waals surface area contributed by atoms with Crippen molar-refractivity contribution in [2.45, 2.75) is 13.5 Å². The number of hydrogen-bond donors (Lipinski definition) is 1. The van der Waals surface area contributed by atoms with Crippen LogP contribution in [0, 0.1) is 6.92 Å². The van der Waals surface area contributed by atoms with E-state index in [1.807, 2.05) is 42.3 Å². The van der Waals surface area contributed by atoms with Gasteiger partial charge in [-0.05, 0) is 30.2 Å². The van der Waals surface area contributed by atoms with Gasteiger partial charge >= 0.3 is 0 Å². The average Bonchev–Trinajstić information content (AvgIpc) is 2.67. The summed E-state index contributed by atoms with van der Waals surface area (Å²) in [7, 11) is 0. The molecule has 0 aliphatic carbocycles. The zero-order valence-electron chi connectivity index (χ0n) is 15.0. The number of hydrogen-bond acceptors (Lipinski definition) is 4. The molecule has 2 heterocycles. The molecule has 1 fully saturated rings. The van der Waals surface area contributed by atoms with Gasteiger partial charge in [0.1, 0.15) is 0 Å². The first-order chi connectivity index (χ1) is 12.6. The number of benzene rings is 1. The maximum atomic E-state index is 12.4. The van der Waals surface area contributed by atoms with Crippen LogP contribution >= 0.6 is 0 Å². The summed E-state index contributed by atoms with van der Waals surface area (Å²) < 4.78 is 0. The number of carbonyl (C=O) groups is 2. The molecule has 3 rings (SSSR count). The van der Waals surface area contributed by atoms with E-state index in [1.165, 1.54) is 5.56 Å². The molecular weight excluding hydrogens is 328 g/mol. The number of nitrogens with one attached hydrogen (secondary N) is 1. The van der Waals surface area contributed by atoms with Crippen LogP contribution < -0.4 is 5.32 Å². The Hall–Kier alpha value is -2.73. The SMILES string of the molecule is Cc1ccccc1C(=O)NCC(=O)N1CCN(Cc2cccnc2)CC1. The van der Waals surface area contributed by atoms with Crippen LogP contribution in [0.5, 0.6) is 0 Å². The summed E-state index contributed by atoms with van der Waals surface area (Å²) in [4.78, 5) is 32.8. The predicted molar refractivity (Wildman–Crippen MR) is 99.6 cm³/mol. The zero-order valence-corrected chi connectivity index (χ0v) is 15.0. The molecular formula is C20H24N4O2. The fraction of sp³-hybridized carbons (Fsp3) is 0.350. The highest BCUT2D eigenvalue weighted by Crippen LogP contribution is 2.08. The maximum Gasteiger partial charge on any atom is 0.251 e. The average molecular weight is 352 g/mol. The van der Waals surface area contributed by atoms with Gasteiger partial charge in [0.2, 0.25) is 5.91 Å². The van der Waals surface area contributed by atoms with Crippen molar-refractivity contribution in [1.82, 2.24) is 20.1 Å². The second-order valence-corrected chi connectivity index (χ2v) is 6.52. The molecule has 1 aromatic carbocycles. The van der Waals surface area contributed by atoms with Gasteiger partial charge in [-0.1, -0.05) is 24.3 Å². The number of amides is 2. The largest absolute Gasteiger partial charge is 0.343 e. The molecule has 1 saturated heterocycles. The molecule has 6 heteroatoms.